The number of rotatable bonds is 4. The van der Waals surface area contributed by atoms with Gasteiger partial charge in [0.15, 0.2) is 11.9 Å². The molecule has 8 heteroatoms. The number of ether oxygens (including phenoxy) is 1. The van der Waals surface area contributed by atoms with Crippen LogP contribution in [0.1, 0.15) is 12.6 Å². The van der Waals surface area contributed by atoms with E-state index in [0.717, 1.165) is 27.0 Å². The average molecular weight is 490 g/mol. The number of aromatic nitrogens is 2. The smallest absolute Gasteiger partial charge is 0.263 e. The number of hydrogen-bond acceptors (Lipinski definition) is 5. The molecule has 1 amide bonds. The third-order valence-corrected chi connectivity index (χ3v) is 6.01. The number of benzene rings is 2. The molecule has 2 aromatic carbocycles. The number of para-hydroxylation sites is 2. The maximum atomic E-state index is 12.9. The molecule has 0 aliphatic carbocycles. The fourth-order valence-electron chi connectivity index (χ4n) is 3.59. The second kappa shape index (κ2) is 8.78. The Morgan fingerprint density at radius 3 is 2.43 bits per heavy atom. The second-order valence-corrected chi connectivity index (χ2v) is 8.56. The van der Waals surface area contributed by atoms with Gasteiger partial charge in [-0.15, -0.1) is 0 Å². The van der Waals surface area contributed by atoms with Gasteiger partial charge in [-0.25, -0.2) is 9.97 Å². The molecule has 0 saturated carbocycles. The van der Waals surface area contributed by atoms with E-state index in [0.29, 0.717) is 37.0 Å². The summed E-state index contributed by atoms with van der Waals surface area (Å²) in [4.78, 5) is 26.4. The van der Waals surface area contributed by atoms with Crippen LogP contribution in [0.5, 0.6) is 5.75 Å². The number of carbonyl (C=O) groups excluding carboxylic acids is 1. The van der Waals surface area contributed by atoms with E-state index in [2.05, 4.69) is 25.8 Å². The average Bonchev–Trinajstić information content (AvgIpc) is 2.75. The van der Waals surface area contributed by atoms with E-state index in [-0.39, 0.29) is 5.91 Å². The van der Waals surface area contributed by atoms with Crippen molar-refractivity contribution in [2.75, 3.05) is 31.1 Å². The Labute approximate surface area is 188 Å². The summed E-state index contributed by atoms with van der Waals surface area (Å²) in [6, 6.07) is 13.1. The Morgan fingerprint density at radius 2 is 1.77 bits per heavy atom. The molecule has 4 rings (SSSR count). The zero-order valence-electron chi connectivity index (χ0n) is 16.8. The topological polar surface area (TPSA) is 58.6 Å². The first-order valence-corrected chi connectivity index (χ1v) is 11.0. The van der Waals surface area contributed by atoms with Gasteiger partial charge in [-0.1, -0.05) is 23.7 Å². The Kier molecular flexibility index (Phi) is 6.11. The number of fused-ring (bicyclic) bond motifs is 1. The number of amides is 1. The van der Waals surface area contributed by atoms with Crippen molar-refractivity contribution in [3.63, 3.8) is 0 Å². The molecule has 1 fully saturated rings. The summed E-state index contributed by atoms with van der Waals surface area (Å²) in [6.07, 6.45) is -0.587. The summed E-state index contributed by atoms with van der Waals surface area (Å²) in [5.74, 6) is 1.45. The lowest BCUT2D eigenvalue weighted by Gasteiger charge is -2.36. The highest BCUT2D eigenvalue weighted by atomic mass is 79.9. The van der Waals surface area contributed by atoms with Gasteiger partial charge in [-0.2, -0.15) is 0 Å². The molecule has 1 aliphatic heterocycles. The van der Waals surface area contributed by atoms with Crippen molar-refractivity contribution >= 4 is 50.3 Å². The molecule has 156 valence electrons. The maximum Gasteiger partial charge on any atom is 0.263 e. The van der Waals surface area contributed by atoms with E-state index in [9.17, 15) is 4.79 Å². The number of piperazine rings is 1. The van der Waals surface area contributed by atoms with Crippen molar-refractivity contribution in [1.82, 2.24) is 14.9 Å². The number of carbonyl (C=O) groups is 1. The molecule has 0 bridgehead atoms. The molecular formula is C22H22BrClN4O2. The van der Waals surface area contributed by atoms with Crippen molar-refractivity contribution in [2.24, 2.45) is 0 Å². The molecule has 1 saturated heterocycles. The highest BCUT2D eigenvalue weighted by Crippen LogP contribution is 2.29. The zero-order valence-corrected chi connectivity index (χ0v) is 19.2. The van der Waals surface area contributed by atoms with E-state index < -0.39 is 6.10 Å². The van der Waals surface area contributed by atoms with Crippen LogP contribution in [0, 0.1) is 6.92 Å². The molecule has 1 aliphatic rings. The van der Waals surface area contributed by atoms with E-state index in [1.807, 2.05) is 36.1 Å². The maximum absolute atomic E-state index is 12.9. The molecule has 2 heterocycles. The monoisotopic (exact) mass is 488 g/mol. The first-order chi connectivity index (χ1) is 14.4. The third-order valence-electron chi connectivity index (χ3n) is 5.16. The fraction of sp³-hybridized carbons (Fsp3) is 0.318. The lowest BCUT2D eigenvalue weighted by atomic mass is 10.2. The summed E-state index contributed by atoms with van der Waals surface area (Å²) in [5.41, 5.74) is 2.68. The van der Waals surface area contributed by atoms with E-state index in [1.165, 1.54) is 0 Å². The van der Waals surface area contributed by atoms with Gasteiger partial charge in [0, 0.05) is 31.2 Å². The molecule has 30 heavy (non-hydrogen) atoms. The van der Waals surface area contributed by atoms with Crippen molar-refractivity contribution in [2.45, 2.75) is 20.0 Å². The van der Waals surface area contributed by atoms with E-state index >= 15 is 0 Å². The van der Waals surface area contributed by atoms with E-state index in [4.69, 9.17) is 21.3 Å². The summed E-state index contributed by atoms with van der Waals surface area (Å²) >= 11 is 9.39. The minimum absolute atomic E-state index is 0.0298. The highest BCUT2D eigenvalue weighted by Gasteiger charge is 2.27. The van der Waals surface area contributed by atoms with Gasteiger partial charge in [-0.05, 0) is 60.1 Å². The highest BCUT2D eigenvalue weighted by molar-refractivity contribution is 9.10. The molecule has 0 spiro atoms. The van der Waals surface area contributed by atoms with Gasteiger partial charge in [0.05, 0.1) is 21.2 Å². The Bertz CT molecular complexity index is 1090. The SMILES string of the molecule is Cc1nc2ccccc2nc1N1CCN(C(=O)C(C)Oc2ccc(Cl)cc2Br)CC1. The minimum atomic E-state index is -0.587. The number of anilines is 1. The summed E-state index contributed by atoms with van der Waals surface area (Å²) < 4.78 is 6.59. The summed E-state index contributed by atoms with van der Waals surface area (Å²) in [7, 11) is 0. The lowest BCUT2D eigenvalue weighted by Crippen LogP contribution is -2.52. The number of nitrogens with zero attached hydrogens (tertiary/aromatic N) is 4. The van der Waals surface area contributed by atoms with Crippen molar-refractivity contribution in [3.8, 4) is 5.75 Å². The van der Waals surface area contributed by atoms with Crippen LogP contribution in [0.2, 0.25) is 5.02 Å². The lowest BCUT2D eigenvalue weighted by molar-refractivity contribution is -0.138. The van der Waals surface area contributed by atoms with E-state index in [1.54, 1.807) is 25.1 Å². The van der Waals surface area contributed by atoms with Crippen LogP contribution in [0.3, 0.4) is 0 Å². The number of aryl methyl sites for hydroxylation is 1. The van der Waals surface area contributed by atoms with Crippen molar-refractivity contribution in [3.05, 3.63) is 57.7 Å². The van der Waals surface area contributed by atoms with Gasteiger partial charge in [0.1, 0.15) is 5.75 Å². The molecular weight excluding hydrogens is 468 g/mol. The Balaban J connectivity index is 1.40. The van der Waals surface area contributed by atoms with Gasteiger partial charge in [0.2, 0.25) is 0 Å². The summed E-state index contributed by atoms with van der Waals surface area (Å²) in [6.45, 7) is 6.39. The standard InChI is InChI=1S/C22H22BrClN4O2/c1-14-21(26-19-6-4-3-5-18(19)25-14)27-9-11-28(12-10-27)22(29)15(2)30-20-8-7-16(24)13-17(20)23/h3-8,13,15H,9-12H2,1-2H3. The predicted octanol–water partition coefficient (Wildman–Crippen LogP) is 4.47. The molecule has 3 aromatic rings. The van der Waals surface area contributed by atoms with Crippen LogP contribution >= 0.6 is 27.5 Å². The summed E-state index contributed by atoms with van der Waals surface area (Å²) in [5, 5.41) is 0.608. The van der Waals surface area contributed by atoms with Crippen molar-refractivity contribution < 1.29 is 9.53 Å². The predicted molar refractivity (Wildman–Crippen MR) is 122 cm³/mol. The first-order valence-electron chi connectivity index (χ1n) is 9.81. The van der Waals surface area contributed by atoms with Gasteiger partial charge < -0.3 is 14.5 Å². The Hall–Kier alpha value is -2.38. The fourth-order valence-corrected chi connectivity index (χ4v) is 4.36. The molecule has 1 unspecified atom stereocenters. The van der Waals surface area contributed by atoms with Gasteiger partial charge in [-0.3, -0.25) is 4.79 Å². The van der Waals surface area contributed by atoms with Gasteiger partial charge >= 0.3 is 0 Å². The zero-order chi connectivity index (χ0) is 21.3. The largest absolute Gasteiger partial charge is 0.480 e. The van der Waals surface area contributed by atoms with Crippen LogP contribution in [0.25, 0.3) is 11.0 Å². The number of halogens is 2. The molecule has 0 N–H and O–H groups in total. The van der Waals surface area contributed by atoms with Gasteiger partial charge in [0.25, 0.3) is 5.91 Å². The molecule has 1 atom stereocenters. The van der Waals surface area contributed by atoms with Crippen LogP contribution in [0.4, 0.5) is 5.82 Å². The van der Waals surface area contributed by atoms with Crippen LogP contribution in [0.15, 0.2) is 46.9 Å². The second-order valence-electron chi connectivity index (χ2n) is 7.27. The third kappa shape index (κ3) is 4.37. The van der Waals surface area contributed by atoms with Crippen LogP contribution in [-0.4, -0.2) is 53.1 Å². The normalized spacial score (nSPS) is 15.3. The molecule has 6 nitrogen and oxygen atoms in total. The quantitative estimate of drug-likeness (QED) is 0.541. The molecule has 1 aromatic heterocycles. The minimum Gasteiger partial charge on any atom is -0.480 e. The first kappa shape index (κ1) is 20.9. The molecule has 0 radical (unpaired) electrons. The Morgan fingerprint density at radius 1 is 1.10 bits per heavy atom. The van der Waals surface area contributed by atoms with Crippen LogP contribution in [-0.2, 0) is 4.79 Å². The van der Waals surface area contributed by atoms with Crippen molar-refractivity contribution in [1.29, 1.82) is 0 Å². The van der Waals surface area contributed by atoms with Crippen LogP contribution < -0.4 is 9.64 Å². The number of hydrogen-bond donors (Lipinski definition) is 0.